The second-order valence-corrected chi connectivity index (χ2v) is 4.27. The molecule has 0 fully saturated rings. The quantitative estimate of drug-likeness (QED) is 0.446. The molecule has 1 aliphatic rings. The molecule has 0 aliphatic carbocycles. The van der Waals surface area contributed by atoms with Gasteiger partial charge in [-0.2, -0.15) is 0 Å². The Balaban J connectivity index is 2.38. The van der Waals surface area contributed by atoms with Crippen LogP contribution in [-0.4, -0.2) is 25.0 Å². The van der Waals surface area contributed by atoms with Crippen molar-refractivity contribution in [2.45, 2.75) is 6.10 Å². The van der Waals surface area contributed by atoms with Crippen LogP contribution in [0.4, 0.5) is 0 Å². The molecule has 0 saturated carbocycles. The van der Waals surface area contributed by atoms with Crippen LogP contribution in [0.2, 0.25) is 0 Å². The molecule has 1 unspecified atom stereocenters. The number of methoxy groups -OCH3 is 1. The summed E-state index contributed by atoms with van der Waals surface area (Å²) in [6.45, 7) is 0. The van der Waals surface area contributed by atoms with Gasteiger partial charge in [-0.05, 0) is 40.8 Å². The van der Waals surface area contributed by atoms with Crippen LogP contribution in [-0.2, 0) is 9.53 Å². The third-order valence-electron chi connectivity index (χ3n) is 2.11. The van der Waals surface area contributed by atoms with Crippen LogP contribution >= 0.6 is 22.6 Å². The van der Waals surface area contributed by atoms with Gasteiger partial charge in [0.25, 0.3) is 6.10 Å². The van der Waals surface area contributed by atoms with Gasteiger partial charge < -0.3 is 9.47 Å². The number of benzene rings is 1. The number of halogens is 1. The Morgan fingerprint density at radius 3 is 2.93 bits per heavy atom. The Bertz CT molecular complexity index is 441. The fourth-order valence-corrected chi connectivity index (χ4v) is 1.87. The fraction of sp³-hybridized carbons (Fsp3) is 0.200. The average molecular weight is 318 g/mol. The molecule has 0 radical (unpaired) electrons. The van der Waals surface area contributed by atoms with Crippen molar-refractivity contribution in [2.24, 2.45) is 0 Å². The molecule has 4 nitrogen and oxygen atoms in total. The van der Waals surface area contributed by atoms with Crippen LogP contribution in [0.5, 0.6) is 5.75 Å². The summed E-state index contributed by atoms with van der Waals surface area (Å²) in [5.74, 6) is -0.558. The summed E-state index contributed by atoms with van der Waals surface area (Å²) in [5.41, 5.74) is 0.442. The summed E-state index contributed by atoms with van der Waals surface area (Å²) < 4.78 is 10.6. The van der Waals surface area contributed by atoms with Crippen LogP contribution in [0.25, 0.3) is 0 Å². The third kappa shape index (κ3) is 1.71. The minimum atomic E-state index is -1.14. The van der Waals surface area contributed by atoms with E-state index in [1.807, 2.05) is 6.07 Å². The van der Waals surface area contributed by atoms with Gasteiger partial charge in [0.05, 0.1) is 12.7 Å². The summed E-state index contributed by atoms with van der Waals surface area (Å²) in [4.78, 5) is 22.9. The number of fused-ring (bicyclic) bond motifs is 1. The van der Waals surface area contributed by atoms with Crippen LogP contribution in [0.15, 0.2) is 18.2 Å². The highest BCUT2D eigenvalue weighted by Crippen LogP contribution is 2.30. The van der Waals surface area contributed by atoms with E-state index in [0.29, 0.717) is 11.3 Å². The van der Waals surface area contributed by atoms with E-state index in [9.17, 15) is 9.59 Å². The molecule has 0 saturated heterocycles. The maximum atomic E-state index is 11.7. The largest absolute Gasteiger partial charge is 0.470 e. The molecular weight excluding hydrogens is 311 g/mol. The molecule has 5 heteroatoms. The van der Waals surface area contributed by atoms with Crippen molar-refractivity contribution in [1.29, 1.82) is 0 Å². The number of Topliss-reactive ketones (excluding diaryl/α,β-unsaturated/α-hetero) is 1. The number of rotatable bonds is 1. The van der Waals surface area contributed by atoms with Crippen LogP contribution in [0, 0.1) is 3.57 Å². The zero-order chi connectivity index (χ0) is 11.0. The van der Waals surface area contributed by atoms with Crippen LogP contribution in [0.1, 0.15) is 10.4 Å². The third-order valence-corrected chi connectivity index (χ3v) is 2.78. The van der Waals surface area contributed by atoms with E-state index in [1.165, 1.54) is 7.11 Å². The number of ketones is 1. The number of ether oxygens (including phenoxy) is 2. The second-order valence-electron chi connectivity index (χ2n) is 3.03. The van der Waals surface area contributed by atoms with E-state index in [2.05, 4.69) is 27.3 Å². The minimum Gasteiger partial charge on any atom is -0.470 e. The van der Waals surface area contributed by atoms with Crippen molar-refractivity contribution >= 4 is 34.3 Å². The van der Waals surface area contributed by atoms with Crippen molar-refractivity contribution in [3.8, 4) is 5.75 Å². The van der Waals surface area contributed by atoms with Gasteiger partial charge in [0, 0.05) is 3.57 Å². The Kier molecular flexibility index (Phi) is 2.64. The Hall–Kier alpha value is -1.11. The smallest absolute Gasteiger partial charge is 0.355 e. The van der Waals surface area contributed by atoms with Crippen molar-refractivity contribution < 1.29 is 19.1 Å². The maximum absolute atomic E-state index is 11.7. The first-order valence-corrected chi connectivity index (χ1v) is 5.29. The molecule has 1 aliphatic heterocycles. The van der Waals surface area contributed by atoms with E-state index >= 15 is 0 Å². The number of carbonyl (C=O) groups excluding carboxylic acids is 2. The normalized spacial score (nSPS) is 18.3. The van der Waals surface area contributed by atoms with Gasteiger partial charge in [-0.15, -0.1) is 0 Å². The highest BCUT2D eigenvalue weighted by molar-refractivity contribution is 14.1. The molecule has 1 aromatic carbocycles. The Labute approximate surface area is 99.7 Å². The SMILES string of the molecule is COC(=O)C1Oc2ccc(I)cc2C1=O. The van der Waals surface area contributed by atoms with Crippen molar-refractivity contribution in [3.05, 3.63) is 27.3 Å². The Morgan fingerprint density at radius 1 is 1.53 bits per heavy atom. The topological polar surface area (TPSA) is 52.6 Å². The molecule has 1 heterocycles. The molecule has 0 spiro atoms. The first-order chi connectivity index (χ1) is 7.13. The number of hydrogen-bond acceptors (Lipinski definition) is 4. The Morgan fingerprint density at radius 2 is 2.27 bits per heavy atom. The summed E-state index contributed by atoms with van der Waals surface area (Å²) in [6, 6.07) is 5.19. The fourth-order valence-electron chi connectivity index (χ4n) is 1.38. The lowest BCUT2D eigenvalue weighted by Gasteiger charge is -2.05. The van der Waals surface area contributed by atoms with E-state index in [0.717, 1.165) is 3.57 Å². The minimum absolute atomic E-state index is 0.338. The molecule has 1 aromatic rings. The van der Waals surface area contributed by atoms with E-state index < -0.39 is 12.1 Å². The van der Waals surface area contributed by atoms with Crippen molar-refractivity contribution in [3.63, 3.8) is 0 Å². The summed E-state index contributed by atoms with van der Waals surface area (Å²) in [5, 5.41) is 0. The second kappa shape index (κ2) is 3.80. The molecule has 0 amide bonds. The predicted octanol–water partition coefficient (Wildman–Crippen LogP) is 1.41. The van der Waals surface area contributed by atoms with E-state index in [1.54, 1.807) is 12.1 Å². The predicted molar refractivity (Wildman–Crippen MR) is 59.9 cm³/mol. The number of carbonyl (C=O) groups is 2. The highest BCUT2D eigenvalue weighted by atomic mass is 127. The van der Waals surface area contributed by atoms with Gasteiger partial charge in [0.15, 0.2) is 0 Å². The van der Waals surface area contributed by atoms with Gasteiger partial charge in [-0.3, -0.25) is 4.79 Å². The molecule has 2 rings (SSSR count). The number of hydrogen-bond donors (Lipinski definition) is 0. The van der Waals surface area contributed by atoms with Gasteiger partial charge in [0.2, 0.25) is 5.78 Å². The molecule has 1 atom stereocenters. The summed E-state index contributed by atoms with van der Waals surface area (Å²) >= 11 is 2.09. The van der Waals surface area contributed by atoms with Gasteiger partial charge >= 0.3 is 5.97 Å². The first kappa shape index (κ1) is 10.4. The number of esters is 1. The lowest BCUT2D eigenvalue weighted by molar-refractivity contribution is -0.145. The summed E-state index contributed by atoms with van der Waals surface area (Å²) in [6.07, 6.45) is -1.14. The van der Waals surface area contributed by atoms with Crippen LogP contribution < -0.4 is 4.74 Å². The van der Waals surface area contributed by atoms with Gasteiger partial charge in [-0.25, -0.2) is 4.79 Å². The molecular formula is C10H7IO4. The zero-order valence-electron chi connectivity index (χ0n) is 7.82. The van der Waals surface area contributed by atoms with Crippen molar-refractivity contribution in [2.75, 3.05) is 7.11 Å². The van der Waals surface area contributed by atoms with E-state index in [-0.39, 0.29) is 5.78 Å². The van der Waals surface area contributed by atoms with Gasteiger partial charge in [0.1, 0.15) is 5.75 Å². The molecule has 0 aromatic heterocycles. The van der Waals surface area contributed by atoms with Gasteiger partial charge in [-0.1, -0.05) is 0 Å². The van der Waals surface area contributed by atoms with Crippen molar-refractivity contribution in [1.82, 2.24) is 0 Å². The lowest BCUT2D eigenvalue weighted by Crippen LogP contribution is -2.31. The molecule has 0 bridgehead atoms. The molecule has 15 heavy (non-hydrogen) atoms. The lowest BCUT2D eigenvalue weighted by atomic mass is 10.1. The average Bonchev–Trinajstić information content (AvgIpc) is 2.55. The highest BCUT2D eigenvalue weighted by Gasteiger charge is 2.38. The summed E-state index contributed by atoms with van der Waals surface area (Å²) in [7, 11) is 1.23. The molecule has 0 N–H and O–H groups in total. The van der Waals surface area contributed by atoms with E-state index in [4.69, 9.17) is 4.74 Å². The maximum Gasteiger partial charge on any atom is 0.355 e. The first-order valence-electron chi connectivity index (χ1n) is 4.21. The van der Waals surface area contributed by atoms with Crippen LogP contribution in [0.3, 0.4) is 0 Å². The monoisotopic (exact) mass is 318 g/mol. The zero-order valence-corrected chi connectivity index (χ0v) is 9.98. The molecule has 78 valence electrons. The standard InChI is InChI=1S/C10H7IO4/c1-14-10(13)9-8(12)6-4-5(11)2-3-7(6)15-9/h2-4,9H,1H3.